The number of rotatable bonds is 4. The maximum absolute atomic E-state index is 13.1. The molecule has 4 bridgehead atoms. The highest BCUT2D eigenvalue weighted by atomic mass is 35.5. The van der Waals surface area contributed by atoms with Gasteiger partial charge >= 0.3 is 6.18 Å². The molecule has 4 aliphatic rings. The lowest BCUT2D eigenvalue weighted by Crippen LogP contribution is -2.66. The highest BCUT2D eigenvalue weighted by molar-refractivity contribution is 6.32. The van der Waals surface area contributed by atoms with Gasteiger partial charge in [0.1, 0.15) is 5.75 Å². The van der Waals surface area contributed by atoms with Crippen molar-refractivity contribution in [3.63, 3.8) is 0 Å². The fourth-order valence-electron chi connectivity index (χ4n) is 5.78. The van der Waals surface area contributed by atoms with Crippen LogP contribution in [0.4, 0.5) is 13.2 Å². The molecule has 4 aliphatic carbocycles. The summed E-state index contributed by atoms with van der Waals surface area (Å²) in [6, 6.07) is 3.49. The fourth-order valence-corrected chi connectivity index (χ4v) is 6.05. The zero-order valence-corrected chi connectivity index (χ0v) is 18.5. The largest absolute Gasteiger partial charge is 0.476 e. The molecule has 0 radical (unpaired) electrons. The van der Waals surface area contributed by atoms with Gasteiger partial charge in [-0.1, -0.05) is 17.7 Å². The van der Waals surface area contributed by atoms with E-state index in [1.54, 1.807) is 13.8 Å². The van der Waals surface area contributed by atoms with Gasteiger partial charge in [-0.15, -0.1) is 12.4 Å². The van der Waals surface area contributed by atoms with E-state index < -0.39 is 22.4 Å². The van der Waals surface area contributed by atoms with Gasteiger partial charge < -0.3 is 15.8 Å². The quantitative estimate of drug-likeness (QED) is 0.658. The lowest BCUT2D eigenvalue weighted by Gasteiger charge is -2.59. The molecule has 4 fully saturated rings. The summed E-state index contributed by atoms with van der Waals surface area (Å²) in [6.45, 7) is 3.08. The van der Waals surface area contributed by atoms with Gasteiger partial charge in [0.15, 0.2) is 5.60 Å². The molecular formula is C21H27Cl2F3N2O2. The summed E-state index contributed by atoms with van der Waals surface area (Å²) in [5.74, 6) is 0.826. The Hall–Kier alpha value is -1.18. The van der Waals surface area contributed by atoms with Crippen LogP contribution in [0.1, 0.15) is 51.5 Å². The molecule has 0 aliphatic heterocycles. The molecule has 0 heterocycles. The number of ether oxygens (including phenoxy) is 1. The third-order valence-corrected chi connectivity index (χ3v) is 7.19. The zero-order chi connectivity index (χ0) is 21.2. The maximum atomic E-state index is 13.1. The van der Waals surface area contributed by atoms with Gasteiger partial charge in [-0.25, -0.2) is 0 Å². The SMILES string of the molecule is CC(C)(Oc1cccc(C(F)(F)F)c1Cl)C(=O)NC1[C@@H]2CC3C[C@H]1CC(N)(C3)C2.Cl. The van der Waals surface area contributed by atoms with E-state index in [9.17, 15) is 18.0 Å². The summed E-state index contributed by atoms with van der Waals surface area (Å²) in [5, 5.41) is 2.58. The molecule has 5 atom stereocenters. The third-order valence-electron chi connectivity index (χ3n) is 6.80. The molecule has 3 unspecified atom stereocenters. The van der Waals surface area contributed by atoms with Crippen molar-refractivity contribution in [1.82, 2.24) is 5.32 Å². The summed E-state index contributed by atoms with van der Waals surface area (Å²) in [5.41, 5.74) is 4.07. The lowest BCUT2D eigenvalue weighted by molar-refractivity contribution is -0.139. The number of hydrogen-bond donors (Lipinski definition) is 2. The summed E-state index contributed by atoms with van der Waals surface area (Å²) < 4.78 is 45.0. The Morgan fingerprint density at radius 1 is 1.20 bits per heavy atom. The Balaban J connectivity index is 0.00000256. The molecule has 0 aromatic heterocycles. The van der Waals surface area contributed by atoms with Gasteiger partial charge in [0.05, 0.1) is 10.6 Å². The first-order valence-corrected chi connectivity index (χ1v) is 10.4. The minimum atomic E-state index is -4.60. The predicted molar refractivity (Wildman–Crippen MR) is 111 cm³/mol. The van der Waals surface area contributed by atoms with Gasteiger partial charge in [-0.05, 0) is 75.8 Å². The lowest BCUT2D eigenvalue weighted by atomic mass is 9.51. The monoisotopic (exact) mass is 466 g/mol. The molecule has 30 heavy (non-hydrogen) atoms. The molecule has 4 saturated carbocycles. The van der Waals surface area contributed by atoms with Crippen molar-refractivity contribution in [2.45, 2.75) is 69.3 Å². The number of nitrogens with one attached hydrogen (secondary N) is 1. The minimum Gasteiger partial charge on any atom is -0.476 e. The average molecular weight is 467 g/mol. The van der Waals surface area contributed by atoms with Crippen LogP contribution in [0.3, 0.4) is 0 Å². The van der Waals surface area contributed by atoms with Crippen molar-refractivity contribution in [3.8, 4) is 5.75 Å². The van der Waals surface area contributed by atoms with Crippen molar-refractivity contribution in [2.24, 2.45) is 23.5 Å². The Bertz CT molecular complexity index is 815. The van der Waals surface area contributed by atoms with E-state index in [1.165, 1.54) is 12.1 Å². The van der Waals surface area contributed by atoms with Crippen molar-refractivity contribution in [3.05, 3.63) is 28.8 Å². The van der Waals surface area contributed by atoms with E-state index in [0.717, 1.165) is 38.2 Å². The van der Waals surface area contributed by atoms with Crippen LogP contribution < -0.4 is 15.8 Å². The van der Waals surface area contributed by atoms with Crippen molar-refractivity contribution >= 4 is 29.9 Å². The zero-order valence-electron chi connectivity index (χ0n) is 16.9. The number of amides is 1. The summed E-state index contributed by atoms with van der Waals surface area (Å²) in [4.78, 5) is 13.0. The van der Waals surface area contributed by atoms with E-state index in [4.69, 9.17) is 22.1 Å². The molecule has 1 aromatic rings. The topological polar surface area (TPSA) is 64.3 Å². The van der Waals surface area contributed by atoms with E-state index in [2.05, 4.69) is 5.32 Å². The van der Waals surface area contributed by atoms with Crippen LogP contribution in [-0.4, -0.2) is 23.1 Å². The van der Waals surface area contributed by atoms with Gasteiger partial charge in [0.25, 0.3) is 5.91 Å². The van der Waals surface area contributed by atoms with Gasteiger partial charge in [-0.3, -0.25) is 4.79 Å². The first-order chi connectivity index (χ1) is 13.4. The Morgan fingerprint density at radius 2 is 1.80 bits per heavy atom. The molecule has 0 spiro atoms. The second kappa shape index (κ2) is 7.75. The minimum absolute atomic E-state index is 0. The Morgan fingerprint density at radius 3 is 2.33 bits per heavy atom. The Labute approximate surface area is 185 Å². The summed E-state index contributed by atoms with van der Waals surface area (Å²) in [7, 11) is 0. The summed E-state index contributed by atoms with van der Waals surface area (Å²) >= 11 is 5.92. The summed E-state index contributed by atoms with van der Waals surface area (Å²) in [6.07, 6.45) is 0.435. The molecule has 4 nitrogen and oxygen atoms in total. The molecular weight excluding hydrogens is 440 g/mol. The van der Waals surface area contributed by atoms with Crippen LogP contribution in [-0.2, 0) is 11.0 Å². The maximum Gasteiger partial charge on any atom is 0.417 e. The van der Waals surface area contributed by atoms with Crippen LogP contribution >= 0.6 is 24.0 Å². The first-order valence-electron chi connectivity index (χ1n) is 10.0. The van der Waals surface area contributed by atoms with Crippen LogP contribution in [0.2, 0.25) is 5.02 Å². The predicted octanol–water partition coefficient (Wildman–Crippen LogP) is 4.96. The second-order valence-electron chi connectivity index (χ2n) is 9.56. The van der Waals surface area contributed by atoms with Gasteiger partial charge in [0, 0.05) is 11.6 Å². The number of nitrogens with two attached hydrogens (primary N) is 1. The van der Waals surface area contributed by atoms with E-state index in [-0.39, 0.29) is 35.6 Å². The van der Waals surface area contributed by atoms with Gasteiger partial charge in [-0.2, -0.15) is 13.2 Å². The van der Waals surface area contributed by atoms with Crippen molar-refractivity contribution in [2.75, 3.05) is 0 Å². The van der Waals surface area contributed by atoms with Crippen LogP contribution in [0, 0.1) is 17.8 Å². The van der Waals surface area contributed by atoms with Crippen molar-refractivity contribution < 1.29 is 22.7 Å². The number of benzene rings is 1. The van der Waals surface area contributed by atoms with E-state index >= 15 is 0 Å². The number of alkyl halides is 3. The highest BCUT2D eigenvalue weighted by Crippen LogP contribution is 2.54. The molecule has 168 valence electrons. The van der Waals surface area contributed by atoms with E-state index in [0.29, 0.717) is 17.8 Å². The smallest absolute Gasteiger partial charge is 0.417 e. The number of carbonyl (C=O) groups is 1. The standard InChI is InChI=1S/C21H26ClF3N2O2.ClH/c1-19(2,29-15-5-3-4-14(16(15)22)21(23,24)25)18(28)27-17-12-6-11-7-13(17)10-20(26,8-11)9-12;/h3-5,11-13,17H,6-10,26H2,1-2H3,(H,27,28);1H/t11?,12-,13+,17?,20?;. The fraction of sp³-hybridized carbons (Fsp3) is 0.667. The highest BCUT2D eigenvalue weighted by Gasteiger charge is 2.54. The second-order valence-corrected chi connectivity index (χ2v) is 9.94. The van der Waals surface area contributed by atoms with Crippen LogP contribution in [0.5, 0.6) is 5.75 Å². The first kappa shape index (κ1) is 23.5. The average Bonchev–Trinajstić information content (AvgIpc) is 2.57. The molecule has 1 aromatic carbocycles. The number of carbonyl (C=O) groups excluding carboxylic acids is 1. The normalized spacial score (nSPS) is 32.5. The van der Waals surface area contributed by atoms with Crippen LogP contribution in [0.25, 0.3) is 0 Å². The molecule has 9 heteroatoms. The van der Waals surface area contributed by atoms with E-state index in [1.807, 2.05) is 0 Å². The number of hydrogen-bond acceptors (Lipinski definition) is 3. The van der Waals surface area contributed by atoms with Crippen LogP contribution in [0.15, 0.2) is 18.2 Å². The molecule has 1 amide bonds. The Kier molecular flexibility index (Phi) is 6.06. The van der Waals surface area contributed by atoms with Gasteiger partial charge in [0.2, 0.25) is 0 Å². The van der Waals surface area contributed by atoms with Crippen molar-refractivity contribution in [1.29, 1.82) is 0 Å². The number of halogens is 5. The molecule has 3 N–H and O–H groups in total. The molecule has 5 rings (SSSR count). The third kappa shape index (κ3) is 4.26. The molecule has 0 saturated heterocycles.